The summed E-state index contributed by atoms with van der Waals surface area (Å²) in [6.07, 6.45) is 14.0. The lowest BCUT2D eigenvalue weighted by molar-refractivity contribution is -0.0559. The van der Waals surface area contributed by atoms with Crippen LogP contribution < -0.4 is 0 Å². The van der Waals surface area contributed by atoms with Crippen molar-refractivity contribution in [1.29, 1.82) is 0 Å². The molecule has 0 heterocycles. The molecule has 202 valence electrons. The van der Waals surface area contributed by atoms with E-state index in [1.54, 1.807) is 0 Å². The Morgan fingerprint density at radius 1 is 1.09 bits per heavy atom. The van der Waals surface area contributed by atoms with Gasteiger partial charge >= 0.3 is 0 Å². The van der Waals surface area contributed by atoms with E-state index >= 15 is 0 Å². The van der Waals surface area contributed by atoms with Crippen molar-refractivity contribution in [2.24, 2.45) is 40.4 Å². The maximum Gasteiger partial charge on any atom is 0.0847 e. The molecule has 0 saturated heterocycles. The van der Waals surface area contributed by atoms with Crippen molar-refractivity contribution in [3.8, 4) is 0 Å². The van der Waals surface area contributed by atoms with Gasteiger partial charge in [0.15, 0.2) is 0 Å². The van der Waals surface area contributed by atoms with Crippen molar-refractivity contribution in [2.75, 3.05) is 0 Å². The van der Waals surface area contributed by atoms with Gasteiger partial charge in [0.2, 0.25) is 0 Å². The fourth-order valence-corrected chi connectivity index (χ4v) is 9.91. The van der Waals surface area contributed by atoms with Gasteiger partial charge in [-0.3, -0.25) is 8.37 Å². The SMILES string of the molecule is CC(CCCC(C)(C)OS(=O)[O-])C1CCC2C3CC=C4CC(OS(=O)[O-])CCC4(C)C3CCC12C. The van der Waals surface area contributed by atoms with Gasteiger partial charge in [0.05, 0.1) is 34.4 Å². The largest absolute Gasteiger partial charge is 0.750 e. The highest BCUT2D eigenvalue weighted by Gasteiger charge is 2.59. The van der Waals surface area contributed by atoms with Crippen molar-refractivity contribution in [1.82, 2.24) is 0 Å². The third-order valence-corrected chi connectivity index (χ3v) is 11.8. The van der Waals surface area contributed by atoms with Crippen LogP contribution in [0.3, 0.4) is 0 Å². The first-order chi connectivity index (χ1) is 16.4. The molecule has 0 spiro atoms. The Balaban J connectivity index is 1.40. The van der Waals surface area contributed by atoms with E-state index in [4.69, 9.17) is 8.37 Å². The van der Waals surface area contributed by atoms with Crippen molar-refractivity contribution in [3.05, 3.63) is 11.6 Å². The molecule has 0 aromatic heterocycles. The minimum Gasteiger partial charge on any atom is -0.750 e. The maximum absolute atomic E-state index is 11.1. The van der Waals surface area contributed by atoms with Crippen LogP contribution in [0.2, 0.25) is 0 Å². The van der Waals surface area contributed by atoms with Gasteiger partial charge in [-0.2, -0.15) is 0 Å². The second kappa shape index (κ2) is 10.6. The molecule has 3 saturated carbocycles. The first-order valence-electron chi connectivity index (χ1n) is 13.6. The second-order valence-corrected chi connectivity index (χ2v) is 14.2. The number of fused-ring (bicyclic) bond motifs is 5. The lowest BCUT2D eigenvalue weighted by Crippen LogP contribution is -2.51. The van der Waals surface area contributed by atoms with Crippen molar-refractivity contribution < 1.29 is 25.9 Å². The molecule has 10 atom stereocenters. The van der Waals surface area contributed by atoms with Crippen LogP contribution in [0.1, 0.15) is 105 Å². The molecule has 0 bridgehead atoms. The Morgan fingerprint density at radius 3 is 2.51 bits per heavy atom. The fourth-order valence-electron chi connectivity index (χ4n) is 9.07. The summed E-state index contributed by atoms with van der Waals surface area (Å²) in [6, 6.07) is 0. The quantitative estimate of drug-likeness (QED) is 0.263. The molecule has 3 fully saturated rings. The zero-order valence-electron chi connectivity index (χ0n) is 22.1. The molecule has 10 unspecified atom stereocenters. The van der Waals surface area contributed by atoms with E-state index in [1.807, 2.05) is 13.8 Å². The summed E-state index contributed by atoms with van der Waals surface area (Å²) in [7, 11) is 0. The summed E-state index contributed by atoms with van der Waals surface area (Å²) in [5, 5.41) is 0. The summed E-state index contributed by atoms with van der Waals surface area (Å²) in [6.45, 7) is 11.1. The molecule has 6 nitrogen and oxygen atoms in total. The molecular formula is C27H44O6S2-2. The number of rotatable bonds is 9. The second-order valence-electron chi connectivity index (χ2n) is 13.1. The van der Waals surface area contributed by atoms with Gasteiger partial charge in [-0.1, -0.05) is 45.3 Å². The van der Waals surface area contributed by atoms with Crippen LogP contribution in [0.4, 0.5) is 0 Å². The first-order valence-corrected chi connectivity index (χ1v) is 15.6. The summed E-state index contributed by atoms with van der Waals surface area (Å²) < 4.78 is 54.2. The monoisotopic (exact) mass is 528 g/mol. The number of hydrogen-bond donors (Lipinski definition) is 0. The smallest absolute Gasteiger partial charge is 0.0847 e. The molecule has 0 aliphatic heterocycles. The van der Waals surface area contributed by atoms with Gasteiger partial charge in [-0.15, -0.1) is 0 Å². The van der Waals surface area contributed by atoms with Gasteiger partial charge in [0.25, 0.3) is 0 Å². The summed E-state index contributed by atoms with van der Waals surface area (Å²) in [5.41, 5.74) is 1.37. The third-order valence-electron chi connectivity index (χ3n) is 10.8. The van der Waals surface area contributed by atoms with Gasteiger partial charge in [0.1, 0.15) is 0 Å². The van der Waals surface area contributed by atoms with Gasteiger partial charge in [0, 0.05) is 0 Å². The Morgan fingerprint density at radius 2 is 1.83 bits per heavy atom. The lowest BCUT2D eigenvalue weighted by Gasteiger charge is -2.58. The van der Waals surface area contributed by atoms with E-state index < -0.39 is 28.3 Å². The molecule has 8 heteroatoms. The fraction of sp³-hybridized carbons (Fsp3) is 0.926. The van der Waals surface area contributed by atoms with Crippen LogP contribution in [0.25, 0.3) is 0 Å². The maximum atomic E-state index is 11.1. The van der Waals surface area contributed by atoms with Crippen molar-refractivity contribution in [2.45, 2.75) is 117 Å². The molecule has 0 N–H and O–H groups in total. The number of allylic oxidation sites excluding steroid dienone is 1. The van der Waals surface area contributed by atoms with E-state index in [2.05, 4.69) is 26.8 Å². The molecule has 0 amide bonds. The normalized spacial score (nSPS) is 41.8. The molecule has 0 radical (unpaired) electrons. The van der Waals surface area contributed by atoms with Crippen LogP contribution in [-0.2, 0) is 31.1 Å². The van der Waals surface area contributed by atoms with E-state index in [-0.39, 0.29) is 11.5 Å². The van der Waals surface area contributed by atoms with E-state index in [0.717, 1.165) is 62.7 Å². The minimum atomic E-state index is -2.47. The molecule has 4 aliphatic rings. The molecule has 35 heavy (non-hydrogen) atoms. The Labute approximate surface area is 217 Å². The summed E-state index contributed by atoms with van der Waals surface area (Å²) >= 11 is -4.90. The van der Waals surface area contributed by atoms with Crippen LogP contribution >= 0.6 is 0 Å². The Kier molecular flexibility index (Phi) is 8.42. The highest BCUT2D eigenvalue weighted by Crippen LogP contribution is 2.67. The molecular weight excluding hydrogens is 484 g/mol. The van der Waals surface area contributed by atoms with Crippen molar-refractivity contribution in [3.63, 3.8) is 0 Å². The topological polar surface area (TPSA) is 98.7 Å². The average molecular weight is 529 g/mol. The summed E-state index contributed by atoms with van der Waals surface area (Å²) in [5.74, 6) is 3.53. The third kappa shape index (κ3) is 5.68. The zero-order chi connectivity index (χ0) is 25.6. The van der Waals surface area contributed by atoms with Gasteiger partial charge < -0.3 is 9.11 Å². The molecule has 0 aromatic carbocycles. The predicted molar refractivity (Wildman–Crippen MR) is 136 cm³/mol. The minimum absolute atomic E-state index is 0.186. The zero-order valence-corrected chi connectivity index (χ0v) is 23.7. The Hall–Kier alpha value is -0.120. The van der Waals surface area contributed by atoms with Gasteiger partial charge in [-0.05, 0) is 112 Å². The predicted octanol–water partition coefficient (Wildman–Crippen LogP) is 6.14. The first kappa shape index (κ1) is 27.9. The number of hydrogen-bond acceptors (Lipinski definition) is 6. The average Bonchev–Trinajstić information content (AvgIpc) is 3.10. The summed E-state index contributed by atoms with van der Waals surface area (Å²) in [4.78, 5) is 0. The van der Waals surface area contributed by atoms with E-state index in [1.165, 1.54) is 31.3 Å². The highest BCUT2D eigenvalue weighted by atomic mass is 32.2. The Bertz CT molecular complexity index is 859. The van der Waals surface area contributed by atoms with Gasteiger partial charge in [-0.25, -0.2) is 8.42 Å². The standard InChI is InChI=1S/C27H46O6S2/c1-18(7-6-14-25(2,3)33-35(30)31)22-10-11-23-21-9-8-19-17-20(32-34(28)29)12-15-26(19,4)24(21)13-16-27(22,23)5/h8,18,20-24H,6-7,9-17H2,1-5H3,(H,28,29)(H,30,31)/p-2. The molecule has 0 aromatic rings. The van der Waals surface area contributed by atoms with E-state index in [0.29, 0.717) is 17.3 Å². The van der Waals surface area contributed by atoms with Crippen LogP contribution in [0.15, 0.2) is 11.6 Å². The molecule has 4 rings (SSSR count). The van der Waals surface area contributed by atoms with Crippen LogP contribution in [0.5, 0.6) is 0 Å². The highest BCUT2D eigenvalue weighted by molar-refractivity contribution is 7.74. The molecule has 4 aliphatic carbocycles. The lowest BCUT2D eigenvalue weighted by atomic mass is 9.47. The van der Waals surface area contributed by atoms with Crippen LogP contribution in [0, 0.1) is 40.4 Å². The van der Waals surface area contributed by atoms with Crippen molar-refractivity contribution >= 4 is 22.7 Å². The van der Waals surface area contributed by atoms with Crippen LogP contribution in [-0.4, -0.2) is 29.2 Å². The van der Waals surface area contributed by atoms with E-state index in [9.17, 15) is 17.5 Å².